The molecular weight excluding hydrogens is 300 g/mol. The topological polar surface area (TPSA) is 0 Å². The Bertz CT molecular complexity index is 263. The fraction of sp³-hybridized carbons (Fsp3) is 0.941. The number of thioether (sulfide) groups is 2. The van der Waals surface area contributed by atoms with E-state index in [0.717, 1.165) is 22.3 Å². The molecule has 0 aliphatic heterocycles. The highest BCUT2D eigenvalue weighted by Crippen LogP contribution is 2.39. The summed E-state index contributed by atoms with van der Waals surface area (Å²) in [5.41, 5.74) is 0. The Hall–Kier alpha value is 0.790. The molecule has 0 aromatic heterocycles. The molecule has 20 heavy (non-hydrogen) atoms. The average Bonchev–Trinajstić information content (AvgIpc) is 2.49. The first-order valence-corrected chi connectivity index (χ1v) is 10.7. The zero-order valence-corrected chi connectivity index (χ0v) is 15.6. The Morgan fingerprint density at radius 1 is 0.750 bits per heavy atom. The van der Waals surface area contributed by atoms with E-state index in [0.29, 0.717) is 0 Å². The third kappa shape index (κ3) is 5.53. The molecule has 2 unspecified atom stereocenters. The minimum absolute atomic E-state index is 0.730. The highest BCUT2D eigenvalue weighted by Gasteiger charge is 2.25. The van der Waals surface area contributed by atoms with Gasteiger partial charge in [0.15, 0.2) is 0 Å². The molecule has 3 heteroatoms. The van der Waals surface area contributed by atoms with Crippen LogP contribution in [0.2, 0.25) is 0 Å². The van der Waals surface area contributed by atoms with Gasteiger partial charge in [0.25, 0.3) is 0 Å². The Balaban J connectivity index is 1.70. The van der Waals surface area contributed by atoms with Gasteiger partial charge in [0.2, 0.25) is 0 Å². The molecule has 0 spiro atoms. The second kappa shape index (κ2) is 9.05. The molecule has 0 nitrogen and oxygen atoms in total. The van der Waals surface area contributed by atoms with Crippen molar-refractivity contribution in [1.29, 1.82) is 0 Å². The second-order valence-electron chi connectivity index (χ2n) is 6.69. The Labute approximate surface area is 139 Å². The zero-order chi connectivity index (χ0) is 14.4. The Morgan fingerprint density at radius 2 is 1.10 bits per heavy atom. The van der Waals surface area contributed by atoms with Gasteiger partial charge in [0.05, 0.1) is 0 Å². The summed E-state index contributed by atoms with van der Waals surface area (Å²) in [5, 5.41) is 1.46. The van der Waals surface area contributed by atoms with E-state index in [2.05, 4.69) is 13.8 Å². The van der Waals surface area contributed by atoms with Crippen LogP contribution in [0, 0.1) is 11.8 Å². The van der Waals surface area contributed by atoms with Gasteiger partial charge < -0.3 is 0 Å². The molecule has 2 aliphatic rings. The summed E-state index contributed by atoms with van der Waals surface area (Å²) < 4.78 is 1.21. The van der Waals surface area contributed by atoms with Crippen molar-refractivity contribution in [3.8, 4) is 0 Å². The van der Waals surface area contributed by atoms with Crippen LogP contribution in [0.25, 0.3) is 0 Å². The number of hydrogen-bond acceptors (Lipinski definition) is 3. The van der Waals surface area contributed by atoms with E-state index >= 15 is 0 Å². The van der Waals surface area contributed by atoms with Crippen LogP contribution >= 0.6 is 35.7 Å². The van der Waals surface area contributed by atoms with E-state index in [1.54, 1.807) is 0 Å². The molecule has 0 radical (unpaired) electrons. The van der Waals surface area contributed by atoms with Gasteiger partial charge in [-0.1, -0.05) is 64.6 Å². The van der Waals surface area contributed by atoms with Crippen LogP contribution in [0.4, 0.5) is 0 Å². The summed E-state index contributed by atoms with van der Waals surface area (Å²) in [6, 6.07) is 0. The first-order valence-electron chi connectivity index (χ1n) is 8.54. The summed E-state index contributed by atoms with van der Waals surface area (Å²) in [6.45, 7) is 4.80. The quantitative estimate of drug-likeness (QED) is 0.528. The molecule has 0 heterocycles. The molecule has 0 amide bonds. The zero-order valence-electron chi connectivity index (χ0n) is 13.1. The van der Waals surface area contributed by atoms with Crippen LogP contribution in [0.1, 0.15) is 78.1 Å². The summed E-state index contributed by atoms with van der Waals surface area (Å²) in [4.78, 5) is 0. The molecule has 0 saturated heterocycles. The van der Waals surface area contributed by atoms with Gasteiger partial charge in [-0.05, 0) is 37.5 Å². The Morgan fingerprint density at radius 3 is 1.45 bits per heavy atom. The molecule has 0 N–H and O–H groups in total. The highest BCUT2D eigenvalue weighted by atomic mass is 32.2. The van der Waals surface area contributed by atoms with E-state index in [9.17, 15) is 0 Å². The summed E-state index contributed by atoms with van der Waals surface area (Å²) in [5.74, 6) is 1.83. The normalized spacial score (nSPS) is 25.3. The second-order valence-corrected chi connectivity index (χ2v) is 10.7. The van der Waals surface area contributed by atoms with E-state index in [-0.39, 0.29) is 0 Å². The van der Waals surface area contributed by atoms with Crippen LogP contribution in [0.5, 0.6) is 0 Å². The largest absolute Gasteiger partial charge is 0.104 e. The standard InChI is InChI=1S/C17H30S3/c1-13(15-9-5-3-6-10-15)19-17(18)20-14(2)16-11-7-4-8-12-16/h13-16H,3-12H2,1-2H3. The molecular formula is C17H30S3. The van der Waals surface area contributed by atoms with Crippen molar-refractivity contribution < 1.29 is 0 Å². The number of rotatable bonds is 4. The Kier molecular flexibility index (Phi) is 7.76. The lowest BCUT2D eigenvalue weighted by atomic mass is 9.87. The minimum atomic E-state index is 0.730. The molecule has 0 aromatic rings. The first-order chi connectivity index (χ1) is 9.66. The summed E-state index contributed by atoms with van der Waals surface area (Å²) >= 11 is 9.66. The summed E-state index contributed by atoms with van der Waals surface area (Å²) in [6.07, 6.45) is 14.4. The maximum Gasteiger partial charge on any atom is 0.104 e. The van der Waals surface area contributed by atoms with Crippen LogP contribution in [0.3, 0.4) is 0 Å². The van der Waals surface area contributed by atoms with Gasteiger partial charge in [-0.2, -0.15) is 0 Å². The maximum absolute atomic E-state index is 5.67. The molecule has 0 bridgehead atoms. The molecule has 2 aliphatic carbocycles. The first kappa shape index (κ1) is 17.1. The molecule has 2 atom stereocenters. The van der Waals surface area contributed by atoms with Gasteiger partial charge in [-0.3, -0.25) is 0 Å². The van der Waals surface area contributed by atoms with Crippen molar-refractivity contribution in [2.75, 3.05) is 0 Å². The van der Waals surface area contributed by atoms with Crippen molar-refractivity contribution >= 4 is 39.3 Å². The van der Waals surface area contributed by atoms with Gasteiger partial charge >= 0.3 is 0 Å². The molecule has 0 aromatic carbocycles. The van der Waals surface area contributed by atoms with Crippen LogP contribution in [0.15, 0.2) is 0 Å². The fourth-order valence-corrected chi connectivity index (χ4v) is 7.31. The monoisotopic (exact) mass is 330 g/mol. The number of hydrogen-bond donors (Lipinski definition) is 0. The van der Waals surface area contributed by atoms with Gasteiger partial charge in [0.1, 0.15) is 3.53 Å². The van der Waals surface area contributed by atoms with E-state index in [1.165, 1.54) is 67.7 Å². The molecule has 2 saturated carbocycles. The van der Waals surface area contributed by atoms with E-state index < -0.39 is 0 Å². The third-order valence-electron chi connectivity index (χ3n) is 5.19. The van der Waals surface area contributed by atoms with Crippen molar-refractivity contribution in [2.24, 2.45) is 11.8 Å². The van der Waals surface area contributed by atoms with Crippen LogP contribution in [-0.2, 0) is 0 Å². The SMILES string of the molecule is CC(SC(=S)SC(C)C1CCCCC1)C1CCCCC1. The minimum Gasteiger partial charge on any atom is -0.104 e. The van der Waals surface area contributed by atoms with Gasteiger partial charge in [-0.25, -0.2) is 0 Å². The van der Waals surface area contributed by atoms with E-state index in [1.807, 2.05) is 23.5 Å². The molecule has 2 fully saturated rings. The van der Waals surface area contributed by atoms with E-state index in [4.69, 9.17) is 12.2 Å². The van der Waals surface area contributed by atoms with Gasteiger partial charge in [-0.15, -0.1) is 23.5 Å². The van der Waals surface area contributed by atoms with Gasteiger partial charge in [0, 0.05) is 10.5 Å². The predicted molar refractivity (Wildman–Crippen MR) is 99.9 cm³/mol. The smallest absolute Gasteiger partial charge is 0.104 e. The summed E-state index contributed by atoms with van der Waals surface area (Å²) in [7, 11) is 0. The lowest BCUT2D eigenvalue weighted by Crippen LogP contribution is -2.20. The van der Waals surface area contributed by atoms with Crippen molar-refractivity contribution in [3.63, 3.8) is 0 Å². The molecule has 116 valence electrons. The highest BCUT2D eigenvalue weighted by molar-refractivity contribution is 8.47. The number of thiocarbonyl (C=S) groups is 1. The third-order valence-corrected chi connectivity index (χ3v) is 8.24. The fourth-order valence-electron chi connectivity index (χ4n) is 3.73. The average molecular weight is 331 g/mol. The lowest BCUT2D eigenvalue weighted by molar-refractivity contribution is 0.357. The van der Waals surface area contributed by atoms with Crippen molar-refractivity contribution in [3.05, 3.63) is 0 Å². The van der Waals surface area contributed by atoms with Crippen LogP contribution in [-0.4, -0.2) is 14.0 Å². The van der Waals surface area contributed by atoms with Crippen LogP contribution < -0.4 is 0 Å². The predicted octanol–water partition coefficient (Wildman–Crippen LogP) is 6.68. The lowest BCUT2D eigenvalue weighted by Gasteiger charge is -2.29. The van der Waals surface area contributed by atoms with Crippen molar-refractivity contribution in [1.82, 2.24) is 0 Å². The maximum atomic E-state index is 5.67. The molecule has 2 rings (SSSR count). The van der Waals surface area contributed by atoms with Crippen molar-refractivity contribution in [2.45, 2.75) is 88.6 Å².